The van der Waals surface area contributed by atoms with Crippen molar-refractivity contribution in [3.63, 3.8) is 0 Å². The van der Waals surface area contributed by atoms with Gasteiger partial charge in [-0.05, 0) is 42.5 Å². The van der Waals surface area contributed by atoms with E-state index in [1.807, 2.05) is 36.4 Å². The lowest BCUT2D eigenvalue weighted by molar-refractivity contribution is 0.475. The zero-order valence-electron chi connectivity index (χ0n) is 7.94. The molecule has 0 aliphatic rings. The van der Waals surface area contributed by atoms with Gasteiger partial charge in [-0.15, -0.1) is 0 Å². The summed E-state index contributed by atoms with van der Waals surface area (Å²) in [6, 6.07) is 14.9. The average molecular weight is 264 g/mol. The Kier molecular flexibility index (Phi) is 2.92. The number of rotatable bonds is 2. The molecule has 2 rings (SSSR count). The lowest BCUT2D eigenvalue weighted by Gasteiger charge is -2.06. The fraction of sp³-hybridized carbons (Fsp3) is 0. The van der Waals surface area contributed by atoms with Crippen molar-refractivity contribution in [2.24, 2.45) is 0 Å². The normalized spacial score (nSPS) is 9.93. The molecule has 0 unspecified atom stereocenters. The predicted octanol–water partition coefficient (Wildman–Crippen LogP) is 3.90. The molecule has 0 bridgehead atoms. The summed E-state index contributed by atoms with van der Waals surface area (Å²) in [5.74, 6) is 0.273. The van der Waals surface area contributed by atoms with Gasteiger partial charge in [0.15, 0.2) is 0 Å². The van der Waals surface area contributed by atoms with Crippen LogP contribution in [0.1, 0.15) is 0 Å². The van der Waals surface area contributed by atoms with Gasteiger partial charge < -0.3 is 10.4 Å². The zero-order chi connectivity index (χ0) is 10.7. The van der Waals surface area contributed by atoms with Crippen LogP contribution in [0.25, 0.3) is 0 Å². The van der Waals surface area contributed by atoms with Crippen LogP contribution in [0.5, 0.6) is 5.75 Å². The Balaban J connectivity index is 2.18. The minimum absolute atomic E-state index is 0.273. The Labute approximate surface area is 96.7 Å². The fourth-order valence-electron chi connectivity index (χ4n) is 1.28. The van der Waals surface area contributed by atoms with E-state index < -0.39 is 0 Å². The first-order valence-corrected chi connectivity index (χ1v) is 5.35. The van der Waals surface area contributed by atoms with Crippen molar-refractivity contribution < 1.29 is 5.11 Å². The molecule has 0 amide bonds. The van der Waals surface area contributed by atoms with E-state index in [1.165, 1.54) is 0 Å². The second-order valence-electron chi connectivity index (χ2n) is 3.18. The van der Waals surface area contributed by atoms with Crippen LogP contribution in [0.4, 0.5) is 11.4 Å². The molecule has 76 valence electrons. The maximum atomic E-state index is 9.13. The smallest absolute Gasteiger partial charge is 0.115 e. The molecule has 2 aromatic rings. The molecule has 0 radical (unpaired) electrons. The molecule has 0 heterocycles. The topological polar surface area (TPSA) is 32.3 Å². The van der Waals surface area contributed by atoms with Gasteiger partial charge in [0.1, 0.15) is 5.75 Å². The van der Waals surface area contributed by atoms with Crippen molar-refractivity contribution in [1.82, 2.24) is 0 Å². The third-order valence-electron chi connectivity index (χ3n) is 1.98. The molecule has 0 atom stereocenters. The Hall–Kier alpha value is -1.48. The summed E-state index contributed by atoms with van der Waals surface area (Å²) in [4.78, 5) is 0. The van der Waals surface area contributed by atoms with Gasteiger partial charge in [-0.25, -0.2) is 0 Å². The van der Waals surface area contributed by atoms with Crippen LogP contribution in [0.3, 0.4) is 0 Å². The van der Waals surface area contributed by atoms with Crippen molar-refractivity contribution in [3.8, 4) is 5.75 Å². The summed E-state index contributed by atoms with van der Waals surface area (Å²) in [5, 5.41) is 12.4. The quantitative estimate of drug-likeness (QED) is 0.806. The Bertz CT molecular complexity index is 453. The molecular weight excluding hydrogens is 254 g/mol. The van der Waals surface area contributed by atoms with E-state index >= 15 is 0 Å². The highest BCUT2D eigenvalue weighted by atomic mass is 79.9. The van der Waals surface area contributed by atoms with Gasteiger partial charge in [0.25, 0.3) is 0 Å². The SMILES string of the molecule is Oc1ccc(Nc2cccc(Br)c2)cc1. The van der Waals surface area contributed by atoms with Crippen LogP contribution in [0.2, 0.25) is 0 Å². The van der Waals surface area contributed by atoms with E-state index in [1.54, 1.807) is 12.1 Å². The largest absolute Gasteiger partial charge is 0.508 e. The molecule has 0 fully saturated rings. The van der Waals surface area contributed by atoms with Gasteiger partial charge in [0.2, 0.25) is 0 Å². The molecule has 0 saturated heterocycles. The molecule has 0 aliphatic carbocycles. The van der Waals surface area contributed by atoms with Crippen LogP contribution in [-0.2, 0) is 0 Å². The second kappa shape index (κ2) is 4.36. The number of nitrogens with one attached hydrogen (secondary N) is 1. The van der Waals surface area contributed by atoms with Gasteiger partial charge >= 0.3 is 0 Å². The van der Waals surface area contributed by atoms with E-state index in [4.69, 9.17) is 5.11 Å². The van der Waals surface area contributed by atoms with Crippen molar-refractivity contribution in [3.05, 3.63) is 53.0 Å². The third-order valence-corrected chi connectivity index (χ3v) is 2.47. The Morgan fingerprint density at radius 1 is 0.933 bits per heavy atom. The van der Waals surface area contributed by atoms with Crippen LogP contribution in [0.15, 0.2) is 53.0 Å². The minimum Gasteiger partial charge on any atom is -0.508 e. The lowest BCUT2D eigenvalue weighted by atomic mass is 10.2. The molecule has 3 heteroatoms. The van der Waals surface area contributed by atoms with Gasteiger partial charge in [-0.2, -0.15) is 0 Å². The Morgan fingerprint density at radius 3 is 2.33 bits per heavy atom. The summed E-state index contributed by atoms with van der Waals surface area (Å²) >= 11 is 3.41. The van der Waals surface area contributed by atoms with Crippen LogP contribution in [-0.4, -0.2) is 5.11 Å². The minimum atomic E-state index is 0.273. The highest BCUT2D eigenvalue weighted by Gasteiger charge is 1.95. The Morgan fingerprint density at radius 2 is 1.67 bits per heavy atom. The van der Waals surface area contributed by atoms with Crippen molar-refractivity contribution in [1.29, 1.82) is 0 Å². The first-order chi connectivity index (χ1) is 7.24. The number of aromatic hydroxyl groups is 1. The highest BCUT2D eigenvalue weighted by molar-refractivity contribution is 9.10. The number of phenols is 1. The zero-order valence-corrected chi connectivity index (χ0v) is 9.53. The van der Waals surface area contributed by atoms with Gasteiger partial charge in [0, 0.05) is 15.8 Å². The van der Waals surface area contributed by atoms with Crippen molar-refractivity contribution >= 4 is 27.3 Å². The highest BCUT2D eigenvalue weighted by Crippen LogP contribution is 2.21. The first-order valence-electron chi connectivity index (χ1n) is 4.56. The maximum Gasteiger partial charge on any atom is 0.115 e. The van der Waals surface area contributed by atoms with Crippen LogP contribution in [0, 0.1) is 0 Å². The van der Waals surface area contributed by atoms with Crippen molar-refractivity contribution in [2.45, 2.75) is 0 Å². The third kappa shape index (κ3) is 2.73. The second-order valence-corrected chi connectivity index (χ2v) is 4.10. The first kappa shape index (κ1) is 10.1. The summed E-state index contributed by atoms with van der Waals surface area (Å²) in [7, 11) is 0. The summed E-state index contributed by atoms with van der Waals surface area (Å²) in [6.45, 7) is 0. The monoisotopic (exact) mass is 263 g/mol. The van der Waals surface area contributed by atoms with Crippen LogP contribution >= 0.6 is 15.9 Å². The van der Waals surface area contributed by atoms with Gasteiger partial charge in [-0.1, -0.05) is 22.0 Å². The van der Waals surface area contributed by atoms with Gasteiger partial charge in [-0.3, -0.25) is 0 Å². The molecular formula is C12H10BrNO. The van der Waals surface area contributed by atoms with E-state index in [2.05, 4.69) is 21.2 Å². The average Bonchev–Trinajstić information content (AvgIpc) is 2.22. The number of hydrogen-bond donors (Lipinski definition) is 2. The standard InChI is InChI=1S/C12H10BrNO/c13-9-2-1-3-11(8-9)14-10-4-6-12(15)7-5-10/h1-8,14-15H. The number of anilines is 2. The number of phenolic OH excluding ortho intramolecular Hbond substituents is 1. The molecule has 2 N–H and O–H groups in total. The lowest BCUT2D eigenvalue weighted by Crippen LogP contribution is -1.88. The molecule has 2 nitrogen and oxygen atoms in total. The molecule has 0 saturated carbocycles. The predicted molar refractivity (Wildman–Crippen MR) is 65.5 cm³/mol. The van der Waals surface area contributed by atoms with E-state index in [0.29, 0.717) is 0 Å². The van der Waals surface area contributed by atoms with Crippen molar-refractivity contribution in [2.75, 3.05) is 5.32 Å². The summed E-state index contributed by atoms with van der Waals surface area (Å²) in [5.41, 5.74) is 1.96. The molecule has 0 spiro atoms. The van der Waals surface area contributed by atoms with E-state index in [9.17, 15) is 0 Å². The molecule has 15 heavy (non-hydrogen) atoms. The number of hydrogen-bond acceptors (Lipinski definition) is 2. The molecule has 2 aromatic carbocycles. The molecule has 0 aliphatic heterocycles. The van der Waals surface area contributed by atoms with Gasteiger partial charge in [0.05, 0.1) is 0 Å². The summed E-state index contributed by atoms with van der Waals surface area (Å²) in [6.07, 6.45) is 0. The van der Waals surface area contributed by atoms with Crippen LogP contribution < -0.4 is 5.32 Å². The fourth-order valence-corrected chi connectivity index (χ4v) is 1.68. The molecule has 0 aromatic heterocycles. The maximum absolute atomic E-state index is 9.13. The summed E-state index contributed by atoms with van der Waals surface area (Å²) < 4.78 is 1.03. The number of halogens is 1. The van der Waals surface area contributed by atoms with E-state index in [0.717, 1.165) is 15.8 Å². The number of benzene rings is 2. The van der Waals surface area contributed by atoms with E-state index in [-0.39, 0.29) is 5.75 Å².